The summed E-state index contributed by atoms with van der Waals surface area (Å²) in [6.45, 7) is 3.88. The summed E-state index contributed by atoms with van der Waals surface area (Å²) in [5, 5.41) is 9.21. The maximum atomic E-state index is 13.0. The lowest BCUT2D eigenvalue weighted by atomic mass is 9.95. The lowest BCUT2D eigenvalue weighted by molar-refractivity contribution is -0.139. The number of rotatable bonds is 7. The van der Waals surface area contributed by atoms with Gasteiger partial charge >= 0.3 is 5.97 Å². The van der Waals surface area contributed by atoms with Crippen LogP contribution in [0.4, 0.5) is 5.95 Å². The van der Waals surface area contributed by atoms with Crippen molar-refractivity contribution in [2.24, 2.45) is 0 Å². The van der Waals surface area contributed by atoms with Gasteiger partial charge in [-0.3, -0.25) is 0 Å². The summed E-state index contributed by atoms with van der Waals surface area (Å²) in [5.41, 5.74) is 2.87. The van der Waals surface area contributed by atoms with Gasteiger partial charge in [-0.15, -0.1) is 5.10 Å². The number of carbonyl (C=O) groups is 1. The monoisotopic (exact) mass is 548 g/mol. The molecule has 172 valence electrons. The number of aromatic nitrogens is 3. The van der Waals surface area contributed by atoms with Crippen LogP contribution in [0.15, 0.2) is 63.4 Å². The predicted molar refractivity (Wildman–Crippen MR) is 133 cm³/mol. The molecule has 0 aliphatic carbocycles. The Kier molecular flexibility index (Phi) is 7.31. The van der Waals surface area contributed by atoms with Gasteiger partial charge in [-0.05, 0) is 43.7 Å². The van der Waals surface area contributed by atoms with Crippen molar-refractivity contribution in [3.63, 3.8) is 0 Å². The molecule has 0 saturated heterocycles. The van der Waals surface area contributed by atoms with Crippen molar-refractivity contribution in [1.82, 2.24) is 14.8 Å². The number of esters is 1. The fourth-order valence-corrected chi connectivity index (χ4v) is 5.12. The lowest BCUT2D eigenvalue weighted by Crippen LogP contribution is -2.30. The molecule has 4 rings (SSSR count). The first-order valence-electron chi connectivity index (χ1n) is 10.2. The Morgan fingerprint density at radius 2 is 2.09 bits per heavy atom. The molecule has 1 unspecified atom stereocenters. The second-order valence-electron chi connectivity index (χ2n) is 7.22. The summed E-state index contributed by atoms with van der Waals surface area (Å²) < 4.78 is 13.6. The van der Waals surface area contributed by atoms with E-state index < -0.39 is 12.0 Å². The Morgan fingerprint density at radius 1 is 1.30 bits per heavy atom. The molecular formula is C23H22BrClN4O3S. The summed E-state index contributed by atoms with van der Waals surface area (Å²) >= 11 is 11.3. The van der Waals surface area contributed by atoms with E-state index in [0.29, 0.717) is 38.9 Å². The van der Waals surface area contributed by atoms with Gasteiger partial charge in [0.2, 0.25) is 11.1 Å². The van der Waals surface area contributed by atoms with Crippen molar-refractivity contribution in [3.05, 3.63) is 74.4 Å². The summed E-state index contributed by atoms with van der Waals surface area (Å²) in [5.74, 6) is 1.37. The Morgan fingerprint density at radius 3 is 2.82 bits per heavy atom. The highest BCUT2D eigenvalue weighted by atomic mass is 79.9. The van der Waals surface area contributed by atoms with Gasteiger partial charge in [-0.2, -0.15) is 4.98 Å². The van der Waals surface area contributed by atoms with E-state index in [0.717, 1.165) is 15.6 Å². The molecule has 2 aromatic carbocycles. The van der Waals surface area contributed by atoms with E-state index in [2.05, 4.69) is 26.2 Å². The van der Waals surface area contributed by atoms with Crippen LogP contribution in [0.3, 0.4) is 0 Å². The number of benzene rings is 2. The number of carbonyl (C=O) groups excluding carboxylic acids is 1. The molecule has 33 heavy (non-hydrogen) atoms. The molecule has 0 fully saturated rings. The number of allylic oxidation sites excluding steroid dienone is 1. The van der Waals surface area contributed by atoms with E-state index in [1.165, 1.54) is 11.8 Å². The SMILES string of the molecule is CCOC(=O)C1=C(C)Nc2nc(SCc3ccccc3Cl)nn2C1c1cc(Br)ccc1OC. The Bertz CT molecular complexity index is 1230. The number of ether oxygens (including phenoxy) is 2. The van der Waals surface area contributed by atoms with Crippen molar-refractivity contribution in [2.45, 2.75) is 30.8 Å². The zero-order valence-electron chi connectivity index (χ0n) is 18.3. The van der Waals surface area contributed by atoms with Crippen LogP contribution in [-0.2, 0) is 15.3 Å². The zero-order valence-corrected chi connectivity index (χ0v) is 21.4. The minimum atomic E-state index is -0.574. The summed E-state index contributed by atoms with van der Waals surface area (Å²) in [6, 6.07) is 12.8. The molecule has 1 aliphatic rings. The molecule has 1 aliphatic heterocycles. The molecule has 0 radical (unpaired) electrons. The number of hydrogen-bond acceptors (Lipinski definition) is 7. The molecule has 0 bridgehead atoms. The van der Waals surface area contributed by atoms with Crippen molar-refractivity contribution >= 4 is 51.2 Å². The number of methoxy groups -OCH3 is 1. The van der Waals surface area contributed by atoms with Crippen LogP contribution >= 0.6 is 39.3 Å². The highest BCUT2D eigenvalue weighted by Gasteiger charge is 2.37. The molecule has 0 amide bonds. The summed E-state index contributed by atoms with van der Waals surface area (Å²) in [6.07, 6.45) is 0. The average molecular weight is 550 g/mol. The van der Waals surface area contributed by atoms with Gasteiger partial charge < -0.3 is 14.8 Å². The molecule has 1 aromatic heterocycles. The number of nitrogens with one attached hydrogen (secondary N) is 1. The smallest absolute Gasteiger partial charge is 0.338 e. The van der Waals surface area contributed by atoms with Crippen molar-refractivity contribution in [2.75, 3.05) is 19.0 Å². The minimum Gasteiger partial charge on any atom is -0.496 e. The number of nitrogens with zero attached hydrogens (tertiary/aromatic N) is 3. The third-order valence-corrected chi connectivity index (χ3v) is 6.88. The Labute approximate surface area is 209 Å². The Balaban J connectivity index is 1.76. The van der Waals surface area contributed by atoms with Crippen LogP contribution in [0.5, 0.6) is 5.75 Å². The Hall–Kier alpha value is -2.49. The van der Waals surface area contributed by atoms with E-state index in [1.807, 2.05) is 49.4 Å². The predicted octanol–water partition coefficient (Wildman–Crippen LogP) is 5.85. The molecule has 7 nitrogen and oxygen atoms in total. The number of anilines is 1. The van der Waals surface area contributed by atoms with E-state index in [-0.39, 0.29) is 6.61 Å². The van der Waals surface area contributed by atoms with Gasteiger partial charge in [-0.25, -0.2) is 9.48 Å². The first kappa shape index (κ1) is 23.7. The molecule has 0 saturated carbocycles. The minimum absolute atomic E-state index is 0.265. The van der Waals surface area contributed by atoms with E-state index >= 15 is 0 Å². The standard InChI is InChI=1S/C23H22BrClN4O3S/c1-4-32-21(30)19-13(2)26-22-27-23(33-12-14-7-5-6-8-17(14)25)28-29(22)20(19)16-11-15(24)9-10-18(16)31-3/h5-11,20H,4,12H2,1-3H3,(H,26,27,28). The van der Waals surface area contributed by atoms with E-state index in [4.69, 9.17) is 26.2 Å². The summed E-state index contributed by atoms with van der Waals surface area (Å²) in [4.78, 5) is 17.6. The average Bonchev–Trinajstić information content (AvgIpc) is 3.20. The first-order chi connectivity index (χ1) is 15.9. The van der Waals surface area contributed by atoms with Gasteiger partial charge in [-0.1, -0.05) is 57.5 Å². The van der Waals surface area contributed by atoms with Gasteiger partial charge in [0.1, 0.15) is 11.8 Å². The van der Waals surface area contributed by atoms with Gasteiger partial charge in [0.15, 0.2) is 0 Å². The van der Waals surface area contributed by atoms with Gasteiger partial charge in [0, 0.05) is 26.5 Å². The second kappa shape index (κ2) is 10.2. The van der Waals surface area contributed by atoms with E-state index in [9.17, 15) is 4.79 Å². The van der Waals surface area contributed by atoms with Crippen LogP contribution < -0.4 is 10.1 Å². The molecule has 10 heteroatoms. The van der Waals surface area contributed by atoms with E-state index in [1.54, 1.807) is 18.7 Å². The highest BCUT2D eigenvalue weighted by Crippen LogP contribution is 2.41. The van der Waals surface area contributed by atoms with Gasteiger partial charge in [0.25, 0.3) is 0 Å². The molecule has 2 heterocycles. The van der Waals surface area contributed by atoms with Crippen LogP contribution in [0, 0.1) is 0 Å². The first-order valence-corrected chi connectivity index (χ1v) is 12.4. The fourth-order valence-electron chi connectivity index (χ4n) is 3.63. The second-order valence-corrected chi connectivity index (χ2v) is 9.48. The molecule has 1 atom stereocenters. The maximum Gasteiger partial charge on any atom is 0.338 e. The maximum absolute atomic E-state index is 13.0. The van der Waals surface area contributed by atoms with Crippen molar-refractivity contribution < 1.29 is 14.3 Å². The van der Waals surface area contributed by atoms with Crippen LogP contribution in [0.1, 0.15) is 31.0 Å². The lowest BCUT2D eigenvalue weighted by Gasteiger charge is -2.29. The molecular weight excluding hydrogens is 528 g/mol. The number of thioether (sulfide) groups is 1. The molecule has 3 aromatic rings. The number of halogens is 2. The summed E-state index contributed by atoms with van der Waals surface area (Å²) in [7, 11) is 1.60. The number of fused-ring (bicyclic) bond motifs is 1. The normalized spacial score (nSPS) is 15.1. The van der Waals surface area contributed by atoms with Crippen LogP contribution in [0.2, 0.25) is 5.02 Å². The third kappa shape index (κ3) is 4.90. The molecule has 1 N–H and O–H groups in total. The van der Waals surface area contributed by atoms with Crippen LogP contribution in [0.25, 0.3) is 0 Å². The van der Waals surface area contributed by atoms with Crippen molar-refractivity contribution in [3.8, 4) is 5.75 Å². The topological polar surface area (TPSA) is 78.3 Å². The quantitative estimate of drug-likeness (QED) is 0.293. The van der Waals surface area contributed by atoms with Gasteiger partial charge in [0.05, 0.1) is 19.3 Å². The van der Waals surface area contributed by atoms with Crippen molar-refractivity contribution in [1.29, 1.82) is 0 Å². The largest absolute Gasteiger partial charge is 0.496 e. The fraction of sp³-hybridized carbons (Fsp3) is 0.261. The third-order valence-electron chi connectivity index (χ3n) is 5.13. The molecule has 0 spiro atoms. The highest BCUT2D eigenvalue weighted by molar-refractivity contribution is 9.10. The van der Waals surface area contributed by atoms with Crippen LogP contribution in [-0.4, -0.2) is 34.5 Å². The zero-order chi connectivity index (χ0) is 23.5. The number of hydrogen-bond donors (Lipinski definition) is 1.